The van der Waals surface area contributed by atoms with Crippen LogP contribution in [0.25, 0.3) is 0 Å². The lowest BCUT2D eigenvalue weighted by molar-refractivity contribution is 0.632. The number of nitriles is 1. The molecule has 1 aromatic heterocycles. The Labute approximate surface area is 129 Å². The smallest absolute Gasteiger partial charge is 0.170 e. The molecule has 5 nitrogen and oxygen atoms in total. The molecule has 0 aliphatic heterocycles. The van der Waals surface area contributed by atoms with Gasteiger partial charge in [-0.25, -0.2) is 4.98 Å². The number of nitrogens with zero attached hydrogens (tertiary/aromatic N) is 3. The van der Waals surface area contributed by atoms with Gasteiger partial charge in [0.15, 0.2) is 5.11 Å². The zero-order valence-electron chi connectivity index (χ0n) is 11.6. The second-order valence-electron chi connectivity index (χ2n) is 4.57. The summed E-state index contributed by atoms with van der Waals surface area (Å²) in [5.74, 6) is 0. The largest absolute Gasteiger partial charge is 0.362 e. The Kier molecular flexibility index (Phi) is 5.73. The zero-order chi connectivity index (χ0) is 14.9. The molecule has 0 aliphatic rings. The summed E-state index contributed by atoms with van der Waals surface area (Å²) in [4.78, 5) is 4.00. The first-order valence-electron chi connectivity index (χ1n) is 6.74. The summed E-state index contributed by atoms with van der Waals surface area (Å²) in [5, 5.41) is 15.5. The molecular formula is C15H17N5S. The Morgan fingerprint density at radius 1 is 1.33 bits per heavy atom. The van der Waals surface area contributed by atoms with E-state index in [1.807, 2.05) is 35.0 Å². The van der Waals surface area contributed by atoms with Gasteiger partial charge >= 0.3 is 0 Å². The molecule has 1 aromatic carbocycles. The lowest BCUT2D eigenvalue weighted by Crippen LogP contribution is -2.29. The molecule has 0 aliphatic carbocycles. The van der Waals surface area contributed by atoms with Crippen molar-refractivity contribution in [3.8, 4) is 6.07 Å². The number of anilines is 1. The van der Waals surface area contributed by atoms with Gasteiger partial charge in [-0.2, -0.15) is 5.26 Å². The standard InChI is InChI=1S/C15H17N5S/c16-7-6-13-2-4-14(5-3-13)19-15(21)18-8-1-10-20-11-9-17-12-20/h2-5,9,11-12H,1,6,8,10H2,(H2,18,19,21). The van der Waals surface area contributed by atoms with Gasteiger partial charge in [-0.05, 0) is 36.3 Å². The number of nitrogens with one attached hydrogen (secondary N) is 2. The van der Waals surface area contributed by atoms with Crippen molar-refractivity contribution in [2.45, 2.75) is 19.4 Å². The number of rotatable bonds is 6. The molecule has 0 saturated heterocycles. The van der Waals surface area contributed by atoms with Crippen LogP contribution in [0.15, 0.2) is 43.0 Å². The van der Waals surface area contributed by atoms with Crippen molar-refractivity contribution < 1.29 is 0 Å². The van der Waals surface area contributed by atoms with Crippen LogP contribution in [0, 0.1) is 11.3 Å². The number of thiocarbonyl (C=S) groups is 1. The second kappa shape index (κ2) is 8.02. The predicted molar refractivity (Wildman–Crippen MR) is 86.8 cm³/mol. The minimum atomic E-state index is 0.428. The third-order valence-corrected chi connectivity index (χ3v) is 3.18. The van der Waals surface area contributed by atoms with Crippen molar-refractivity contribution in [1.82, 2.24) is 14.9 Å². The fourth-order valence-corrected chi connectivity index (χ4v) is 2.07. The van der Waals surface area contributed by atoms with Crippen LogP contribution in [0.5, 0.6) is 0 Å². The van der Waals surface area contributed by atoms with Gasteiger partial charge in [0.05, 0.1) is 18.8 Å². The van der Waals surface area contributed by atoms with Gasteiger partial charge in [-0.1, -0.05) is 12.1 Å². The Hall–Kier alpha value is -2.39. The molecule has 0 spiro atoms. The summed E-state index contributed by atoms with van der Waals surface area (Å²) in [5.41, 5.74) is 1.92. The molecule has 108 valence electrons. The molecule has 0 unspecified atom stereocenters. The summed E-state index contributed by atoms with van der Waals surface area (Å²) in [6, 6.07) is 9.82. The summed E-state index contributed by atoms with van der Waals surface area (Å²) >= 11 is 5.24. The maximum Gasteiger partial charge on any atom is 0.170 e. The van der Waals surface area contributed by atoms with E-state index in [4.69, 9.17) is 17.5 Å². The van der Waals surface area contributed by atoms with Crippen LogP contribution in [-0.2, 0) is 13.0 Å². The fourth-order valence-electron chi connectivity index (χ4n) is 1.86. The molecule has 2 aromatic rings. The lowest BCUT2D eigenvalue weighted by atomic mass is 10.1. The molecule has 6 heteroatoms. The monoisotopic (exact) mass is 299 g/mol. The van der Waals surface area contributed by atoms with Gasteiger partial charge in [0.1, 0.15) is 0 Å². The quantitative estimate of drug-likeness (QED) is 0.633. The predicted octanol–water partition coefficient (Wildman–Crippen LogP) is 2.33. The highest BCUT2D eigenvalue weighted by Crippen LogP contribution is 2.09. The molecular weight excluding hydrogens is 282 g/mol. The molecule has 2 N–H and O–H groups in total. The minimum Gasteiger partial charge on any atom is -0.362 e. The minimum absolute atomic E-state index is 0.428. The van der Waals surface area contributed by atoms with E-state index < -0.39 is 0 Å². The van der Waals surface area contributed by atoms with Crippen molar-refractivity contribution >= 4 is 23.0 Å². The summed E-state index contributed by atoms with van der Waals surface area (Å²) in [6.07, 6.45) is 6.92. The summed E-state index contributed by atoms with van der Waals surface area (Å²) in [6.45, 7) is 1.72. The van der Waals surface area contributed by atoms with E-state index in [0.29, 0.717) is 11.5 Å². The van der Waals surface area contributed by atoms with Gasteiger partial charge in [-0.15, -0.1) is 0 Å². The molecule has 21 heavy (non-hydrogen) atoms. The van der Waals surface area contributed by atoms with Gasteiger partial charge in [0.2, 0.25) is 0 Å². The highest BCUT2D eigenvalue weighted by molar-refractivity contribution is 7.80. The van der Waals surface area contributed by atoms with Crippen molar-refractivity contribution in [3.63, 3.8) is 0 Å². The van der Waals surface area contributed by atoms with Gasteiger partial charge in [0.25, 0.3) is 0 Å². The van der Waals surface area contributed by atoms with E-state index in [1.165, 1.54) is 0 Å². The van der Waals surface area contributed by atoms with Crippen molar-refractivity contribution in [2.24, 2.45) is 0 Å². The number of hydrogen-bond acceptors (Lipinski definition) is 3. The molecule has 0 atom stereocenters. The van der Waals surface area contributed by atoms with Crippen molar-refractivity contribution in [2.75, 3.05) is 11.9 Å². The summed E-state index contributed by atoms with van der Waals surface area (Å²) < 4.78 is 2.03. The number of imidazole rings is 1. The van der Waals surface area contributed by atoms with Gasteiger partial charge in [0, 0.05) is 31.2 Å². The van der Waals surface area contributed by atoms with Crippen LogP contribution in [0.4, 0.5) is 5.69 Å². The number of benzene rings is 1. The third-order valence-electron chi connectivity index (χ3n) is 2.93. The van der Waals surface area contributed by atoms with E-state index >= 15 is 0 Å². The van der Waals surface area contributed by atoms with E-state index in [2.05, 4.69) is 21.7 Å². The maximum absolute atomic E-state index is 8.62. The second-order valence-corrected chi connectivity index (χ2v) is 4.98. The Morgan fingerprint density at radius 2 is 2.14 bits per heavy atom. The zero-order valence-corrected chi connectivity index (χ0v) is 12.4. The van der Waals surface area contributed by atoms with E-state index in [-0.39, 0.29) is 0 Å². The molecule has 1 heterocycles. The van der Waals surface area contributed by atoms with Crippen molar-refractivity contribution in [3.05, 3.63) is 48.5 Å². The lowest BCUT2D eigenvalue weighted by Gasteiger charge is -2.11. The van der Waals surface area contributed by atoms with Gasteiger partial charge in [-0.3, -0.25) is 0 Å². The number of aryl methyl sites for hydroxylation is 1. The molecule has 0 amide bonds. The highest BCUT2D eigenvalue weighted by atomic mass is 32.1. The average Bonchev–Trinajstić information content (AvgIpc) is 2.99. The third kappa shape index (κ3) is 5.24. The molecule has 0 saturated carbocycles. The maximum atomic E-state index is 8.62. The molecule has 0 bridgehead atoms. The topological polar surface area (TPSA) is 65.7 Å². The van der Waals surface area contributed by atoms with Crippen LogP contribution in [0.3, 0.4) is 0 Å². The fraction of sp³-hybridized carbons (Fsp3) is 0.267. The first-order chi connectivity index (χ1) is 10.3. The normalized spacial score (nSPS) is 9.86. The number of aromatic nitrogens is 2. The van der Waals surface area contributed by atoms with E-state index in [1.54, 1.807) is 12.5 Å². The number of hydrogen-bond donors (Lipinski definition) is 2. The Balaban J connectivity index is 1.68. The Bertz CT molecular complexity index is 598. The first-order valence-corrected chi connectivity index (χ1v) is 7.15. The van der Waals surface area contributed by atoms with Crippen LogP contribution in [0.1, 0.15) is 12.0 Å². The molecule has 2 rings (SSSR count). The van der Waals surface area contributed by atoms with Crippen molar-refractivity contribution in [1.29, 1.82) is 5.26 Å². The van der Waals surface area contributed by atoms with E-state index in [9.17, 15) is 0 Å². The highest BCUT2D eigenvalue weighted by Gasteiger charge is 1.98. The van der Waals surface area contributed by atoms with Crippen LogP contribution in [-0.4, -0.2) is 21.2 Å². The molecule has 0 radical (unpaired) electrons. The van der Waals surface area contributed by atoms with Gasteiger partial charge < -0.3 is 15.2 Å². The Morgan fingerprint density at radius 3 is 2.81 bits per heavy atom. The summed E-state index contributed by atoms with van der Waals surface area (Å²) in [7, 11) is 0. The molecule has 0 fully saturated rings. The van der Waals surface area contributed by atoms with E-state index in [0.717, 1.165) is 30.8 Å². The average molecular weight is 299 g/mol. The first kappa shape index (κ1) is 15.0. The van der Waals surface area contributed by atoms with Crippen LogP contribution >= 0.6 is 12.2 Å². The SMILES string of the molecule is N#CCc1ccc(NC(=S)NCCCn2ccnc2)cc1. The van der Waals surface area contributed by atoms with Crippen LogP contribution in [0.2, 0.25) is 0 Å². The van der Waals surface area contributed by atoms with Crippen LogP contribution < -0.4 is 10.6 Å².